The van der Waals surface area contributed by atoms with Crippen LogP contribution in [0.2, 0.25) is 0 Å². The number of hydrogen-bond donors (Lipinski definition) is 4. The quantitative estimate of drug-likeness (QED) is 0.610. The van der Waals surface area contributed by atoms with Gasteiger partial charge in [0.05, 0.1) is 24.0 Å². The Kier molecular flexibility index (Phi) is 3.51. The Balaban J connectivity index is 2.23. The van der Waals surface area contributed by atoms with Crippen molar-refractivity contribution in [3.63, 3.8) is 0 Å². The van der Waals surface area contributed by atoms with Gasteiger partial charge in [0.15, 0.2) is 0 Å². The highest BCUT2D eigenvalue weighted by molar-refractivity contribution is 5.72. The van der Waals surface area contributed by atoms with E-state index in [1.165, 1.54) is 0 Å². The predicted molar refractivity (Wildman–Crippen MR) is 65.7 cm³/mol. The van der Waals surface area contributed by atoms with Gasteiger partial charge >= 0.3 is 0 Å². The number of para-hydroxylation sites is 2. The number of hydrogen-bond acceptors (Lipinski definition) is 5. The van der Waals surface area contributed by atoms with E-state index >= 15 is 0 Å². The van der Waals surface area contributed by atoms with Gasteiger partial charge in [-0.25, -0.2) is 0 Å². The van der Waals surface area contributed by atoms with Crippen LogP contribution in [0.4, 0.5) is 11.4 Å². The van der Waals surface area contributed by atoms with Gasteiger partial charge in [-0.3, -0.25) is 0 Å². The van der Waals surface area contributed by atoms with Crippen LogP contribution in [0.1, 0.15) is 13.3 Å². The molecule has 3 unspecified atom stereocenters. The summed E-state index contributed by atoms with van der Waals surface area (Å²) in [6.45, 7) is 1.93. The van der Waals surface area contributed by atoms with Crippen molar-refractivity contribution in [1.29, 1.82) is 0 Å². The van der Waals surface area contributed by atoms with E-state index in [2.05, 4.69) is 5.32 Å². The van der Waals surface area contributed by atoms with Crippen molar-refractivity contribution in [1.82, 2.24) is 0 Å². The Hall–Kier alpha value is -1.30. The minimum atomic E-state index is -0.798. The van der Waals surface area contributed by atoms with E-state index in [1.807, 2.05) is 24.3 Å². The third-order valence-corrected chi connectivity index (χ3v) is 2.82. The van der Waals surface area contributed by atoms with E-state index in [9.17, 15) is 15.3 Å². The summed E-state index contributed by atoms with van der Waals surface area (Å²) in [7, 11) is 0. The number of aliphatic hydroxyl groups is 3. The number of aliphatic hydroxyl groups excluding tert-OH is 3. The number of β-amino-alcohol motifs (C(OH)–C–C–N with tert-alkyl or cyclic N) is 1. The first-order valence-corrected chi connectivity index (χ1v) is 5.74. The van der Waals surface area contributed by atoms with Crippen LogP contribution in [0.3, 0.4) is 0 Å². The van der Waals surface area contributed by atoms with Gasteiger partial charge in [0.1, 0.15) is 12.5 Å². The molecule has 0 fully saturated rings. The zero-order chi connectivity index (χ0) is 12.4. The van der Waals surface area contributed by atoms with Gasteiger partial charge in [-0.15, -0.1) is 0 Å². The molecule has 1 aromatic carbocycles. The Morgan fingerprint density at radius 3 is 2.82 bits per heavy atom. The van der Waals surface area contributed by atoms with Gasteiger partial charge in [0, 0.05) is 6.42 Å². The van der Waals surface area contributed by atoms with E-state index < -0.39 is 18.6 Å². The van der Waals surface area contributed by atoms with Gasteiger partial charge in [-0.2, -0.15) is 0 Å². The number of nitrogens with one attached hydrogen (secondary N) is 1. The fourth-order valence-electron chi connectivity index (χ4n) is 2.07. The highest BCUT2D eigenvalue weighted by Gasteiger charge is 2.27. The predicted octanol–water partition coefficient (Wildman–Crippen LogP) is 0.326. The average molecular weight is 238 g/mol. The smallest absolute Gasteiger partial charge is 0.142 e. The molecule has 1 aliphatic rings. The third kappa shape index (κ3) is 2.69. The SMILES string of the molecule is CC(O)CC(O)N1CC(O)Nc2ccccc21. The van der Waals surface area contributed by atoms with Crippen LogP contribution < -0.4 is 10.2 Å². The van der Waals surface area contributed by atoms with Gasteiger partial charge in [0.2, 0.25) is 0 Å². The molecule has 94 valence electrons. The van der Waals surface area contributed by atoms with Crippen molar-refractivity contribution < 1.29 is 15.3 Å². The van der Waals surface area contributed by atoms with Crippen molar-refractivity contribution in [3.8, 4) is 0 Å². The lowest BCUT2D eigenvalue weighted by Crippen LogP contribution is -2.47. The first-order valence-electron chi connectivity index (χ1n) is 5.74. The first kappa shape index (κ1) is 12.2. The summed E-state index contributed by atoms with van der Waals surface area (Å²) in [4.78, 5) is 1.70. The lowest BCUT2D eigenvalue weighted by atomic mass is 10.1. The van der Waals surface area contributed by atoms with Gasteiger partial charge in [0.25, 0.3) is 0 Å². The fraction of sp³-hybridized carbons (Fsp3) is 0.500. The summed E-state index contributed by atoms with van der Waals surface area (Å²) in [5, 5.41) is 32.0. The number of fused-ring (bicyclic) bond motifs is 1. The number of anilines is 2. The van der Waals surface area contributed by atoms with Crippen LogP contribution in [0.5, 0.6) is 0 Å². The summed E-state index contributed by atoms with van der Waals surface area (Å²) in [6, 6.07) is 7.46. The molecule has 4 N–H and O–H groups in total. The Labute approximate surface area is 100 Å². The van der Waals surface area contributed by atoms with E-state index in [1.54, 1.807) is 11.8 Å². The molecular weight excluding hydrogens is 220 g/mol. The minimum Gasteiger partial charge on any atom is -0.393 e. The minimum absolute atomic E-state index is 0.251. The summed E-state index contributed by atoms with van der Waals surface area (Å²) in [6.07, 6.45) is -1.84. The van der Waals surface area contributed by atoms with E-state index in [0.717, 1.165) is 11.4 Å². The first-order chi connectivity index (χ1) is 8.08. The van der Waals surface area contributed by atoms with Crippen LogP contribution in [0.25, 0.3) is 0 Å². The second-order valence-electron chi connectivity index (χ2n) is 4.39. The van der Waals surface area contributed by atoms with E-state index in [4.69, 9.17) is 0 Å². The Morgan fingerprint density at radius 2 is 2.12 bits per heavy atom. The normalized spacial score (nSPS) is 22.6. The molecule has 0 amide bonds. The summed E-state index contributed by atoms with van der Waals surface area (Å²) in [5.41, 5.74) is 1.63. The Morgan fingerprint density at radius 1 is 1.41 bits per heavy atom. The van der Waals surface area contributed by atoms with Gasteiger partial charge < -0.3 is 25.5 Å². The molecule has 2 rings (SSSR count). The molecule has 0 aromatic heterocycles. The maximum Gasteiger partial charge on any atom is 0.142 e. The van der Waals surface area contributed by atoms with Crippen LogP contribution in [-0.4, -0.2) is 40.4 Å². The van der Waals surface area contributed by atoms with Crippen LogP contribution in [0.15, 0.2) is 24.3 Å². The lowest BCUT2D eigenvalue weighted by molar-refractivity contribution is 0.0786. The molecule has 3 atom stereocenters. The average Bonchev–Trinajstić information content (AvgIpc) is 2.26. The van der Waals surface area contributed by atoms with Crippen molar-refractivity contribution >= 4 is 11.4 Å². The van der Waals surface area contributed by atoms with Crippen LogP contribution in [0, 0.1) is 0 Å². The Bertz CT molecular complexity index is 384. The summed E-state index contributed by atoms with van der Waals surface area (Å²) in [5.74, 6) is 0. The molecule has 1 aliphatic heterocycles. The molecule has 1 aromatic rings. The molecule has 0 saturated heterocycles. The molecule has 17 heavy (non-hydrogen) atoms. The van der Waals surface area contributed by atoms with E-state index in [-0.39, 0.29) is 6.42 Å². The topological polar surface area (TPSA) is 76.0 Å². The lowest BCUT2D eigenvalue weighted by Gasteiger charge is -2.38. The highest BCUT2D eigenvalue weighted by atomic mass is 16.3. The molecule has 0 aliphatic carbocycles. The maximum absolute atomic E-state index is 10.0. The fourth-order valence-corrected chi connectivity index (χ4v) is 2.07. The zero-order valence-electron chi connectivity index (χ0n) is 9.74. The van der Waals surface area contributed by atoms with Gasteiger partial charge in [-0.05, 0) is 19.1 Å². The van der Waals surface area contributed by atoms with Crippen LogP contribution in [-0.2, 0) is 0 Å². The number of nitrogens with zero attached hydrogens (tertiary/aromatic N) is 1. The third-order valence-electron chi connectivity index (χ3n) is 2.82. The zero-order valence-corrected chi connectivity index (χ0v) is 9.74. The van der Waals surface area contributed by atoms with Gasteiger partial charge in [-0.1, -0.05) is 12.1 Å². The standard InChI is InChI=1S/C12H18N2O3/c1-8(15)6-12(17)14-7-11(16)13-9-4-2-3-5-10(9)14/h2-5,8,11-13,15-17H,6-7H2,1H3. The van der Waals surface area contributed by atoms with E-state index in [0.29, 0.717) is 6.54 Å². The molecule has 0 radical (unpaired) electrons. The molecule has 5 heteroatoms. The van der Waals surface area contributed by atoms with Crippen molar-refractivity contribution in [2.75, 3.05) is 16.8 Å². The van der Waals surface area contributed by atoms with Crippen molar-refractivity contribution in [2.24, 2.45) is 0 Å². The second kappa shape index (κ2) is 4.91. The van der Waals surface area contributed by atoms with Crippen LogP contribution >= 0.6 is 0 Å². The monoisotopic (exact) mass is 238 g/mol. The van der Waals surface area contributed by atoms with Crippen molar-refractivity contribution in [3.05, 3.63) is 24.3 Å². The maximum atomic E-state index is 10.0. The molecule has 0 saturated carbocycles. The molecule has 1 heterocycles. The second-order valence-corrected chi connectivity index (χ2v) is 4.39. The van der Waals surface area contributed by atoms with Crippen molar-refractivity contribution in [2.45, 2.75) is 31.9 Å². The summed E-state index contributed by atoms with van der Waals surface area (Å²) < 4.78 is 0. The molecule has 5 nitrogen and oxygen atoms in total. The summed E-state index contributed by atoms with van der Waals surface area (Å²) >= 11 is 0. The largest absolute Gasteiger partial charge is 0.393 e. The molecular formula is C12H18N2O3. The molecule has 0 spiro atoms. The molecule has 0 bridgehead atoms. The number of benzene rings is 1. The number of rotatable bonds is 3. The highest BCUT2D eigenvalue weighted by Crippen LogP contribution is 2.31.